The number of carbonyl (C=O) groups excluding carboxylic acids is 1. The topological polar surface area (TPSA) is 92.4 Å². The molecule has 1 aliphatic rings. The molecular weight excluding hydrogens is 208 g/mol. The second kappa shape index (κ2) is 5.65. The highest BCUT2D eigenvalue weighted by Gasteiger charge is 2.23. The van der Waals surface area contributed by atoms with Crippen molar-refractivity contribution in [3.05, 3.63) is 12.2 Å². The molecular formula is C11H18N2O3. The van der Waals surface area contributed by atoms with Gasteiger partial charge in [0, 0.05) is 18.5 Å². The Labute approximate surface area is 94.7 Å². The summed E-state index contributed by atoms with van der Waals surface area (Å²) in [6, 6.07) is -0.154. The van der Waals surface area contributed by atoms with Gasteiger partial charge in [-0.25, -0.2) is 0 Å². The number of hydrogen-bond acceptors (Lipinski definition) is 3. The van der Waals surface area contributed by atoms with Gasteiger partial charge >= 0.3 is 5.97 Å². The molecule has 0 fully saturated rings. The third-order valence-electron chi connectivity index (χ3n) is 2.63. The fraction of sp³-hybridized carbons (Fsp3) is 0.636. The van der Waals surface area contributed by atoms with E-state index in [0.717, 1.165) is 0 Å². The molecule has 1 amide bonds. The van der Waals surface area contributed by atoms with E-state index in [9.17, 15) is 9.59 Å². The highest BCUT2D eigenvalue weighted by atomic mass is 16.4. The van der Waals surface area contributed by atoms with E-state index < -0.39 is 5.97 Å². The summed E-state index contributed by atoms with van der Waals surface area (Å²) in [5.74, 6) is -1.08. The van der Waals surface area contributed by atoms with Crippen molar-refractivity contribution < 1.29 is 14.7 Å². The summed E-state index contributed by atoms with van der Waals surface area (Å²) in [6.07, 6.45) is 4.79. The first-order valence-corrected chi connectivity index (χ1v) is 5.45. The maximum atomic E-state index is 11.7. The molecule has 5 nitrogen and oxygen atoms in total. The van der Waals surface area contributed by atoms with Gasteiger partial charge in [-0.15, -0.1) is 0 Å². The van der Waals surface area contributed by atoms with Crippen molar-refractivity contribution in [2.75, 3.05) is 0 Å². The van der Waals surface area contributed by atoms with Crippen molar-refractivity contribution in [3.8, 4) is 0 Å². The summed E-state index contributed by atoms with van der Waals surface area (Å²) in [5, 5.41) is 11.3. The average Bonchev–Trinajstić information content (AvgIpc) is 2.62. The van der Waals surface area contributed by atoms with Crippen molar-refractivity contribution in [2.24, 2.45) is 11.7 Å². The summed E-state index contributed by atoms with van der Waals surface area (Å²) >= 11 is 0. The van der Waals surface area contributed by atoms with Gasteiger partial charge in [0.1, 0.15) is 0 Å². The number of aliphatic carboxylic acids is 1. The lowest BCUT2D eigenvalue weighted by atomic mass is 10.1. The predicted molar refractivity (Wildman–Crippen MR) is 59.7 cm³/mol. The Balaban J connectivity index is 2.28. The molecule has 0 spiro atoms. The van der Waals surface area contributed by atoms with Crippen molar-refractivity contribution in [1.29, 1.82) is 0 Å². The minimum atomic E-state index is -0.844. The Morgan fingerprint density at radius 1 is 1.56 bits per heavy atom. The Kier molecular flexibility index (Phi) is 4.49. The molecule has 1 aliphatic carbocycles. The van der Waals surface area contributed by atoms with E-state index >= 15 is 0 Å². The first kappa shape index (κ1) is 12.7. The van der Waals surface area contributed by atoms with Gasteiger partial charge in [-0.2, -0.15) is 0 Å². The summed E-state index contributed by atoms with van der Waals surface area (Å²) < 4.78 is 0. The lowest BCUT2D eigenvalue weighted by molar-refractivity contribution is -0.137. The van der Waals surface area contributed by atoms with Gasteiger partial charge in [-0.3, -0.25) is 9.59 Å². The van der Waals surface area contributed by atoms with Crippen LogP contribution in [0.25, 0.3) is 0 Å². The van der Waals surface area contributed by atoms with Crippen LogP contribution < -0.4 is 11.1 Å². The lowest BCUT2D eigenvalue weighted by Gasteiger charge is -2.15. The van der Waals surface area contributed by atoms with Gasteiger partial charge in [-0.05, 0) is 19.8 Å². The van der Waals surface area contributed by atoms with Gasteiger partial charge in [0.15, 0.2) is 0 Å². The number of carboxylic acids is 1. The minimum absolute atomic E-state index is 0.0370. The molecule has 0 saturated carbocycles. The standard InChI is InChI=1S/C11H18N2O3/c1-7(2-5-10(14)15)13-11(16)8-3-4-9(12)6-8/h3-4,7-9H,2,5-6,12H2,1H3,(H,13,16)(H,14,15). The van der Waals surface area contributed by atoms with E-state index in [2.05, 4.69) is 5.32 Å². The maximum absolute atomic E-state index is 11.7. The molecule has 0 aliphatic heterocycles. The molecule has 0 radical (unpaired) electrons. The van der Waals surface area contributed by atoms with Crippen LogP contribution in [0.4, 0.5) is 0 Å². The fourth-order valence-electron chi connectivity index (χ4n) is 1.68. The zero-order valence-electron chi connectivity index (χ0n) is 9.35. The number of carbonyl (C=O) groups is 2. The molecule has 0 heterocycles. The quantitative estimate of drug-likeness (QED) is 0.586. The summed E-state index contributed by atoms with van der Waals surface area (Å²) in [7, 11) is 0. The minimum Gasteiger partial charge on any atom is -0.481 e. The van der Waals surface area contributed by atoms with E-state index in [1.54, 1.807) is 6.92 Å². The number of hydrogen-bond donors (Lipinski definition) is 3. The van der Waals surface area contributed by atoms with Crippen LogP contribution in [0.5, 0.6) is 0 Å². The Bertz CT molecular complexity index is 302. The monoisotopic (exact) mass is 226 g/mol. The van der Waals surface area contributed by atoms with Crippen molar-refractivity contribution in [1.82, 2.24) is 5.32 Å². The van der Waals surface area contributed by atoms with Crippen LogP contribution in [-0.2, 0) is 9.59 Å². The fourth-order valence-corrected chi connectivity index (χ4v) is 1.68. The number of carboxylic acid groups (broad SMARTS) is 1. The van der Waals surface area contributed by atoms with E-state index in [1.165, 1.54) is 0 Å². The average molecular weight is 226 g/mol. The van der Waals surface area contributed by atoms with Gasteiger partial charge < -0.3 is 16.2 Å². The van der Waals surface area contributed by atoms with Crippen LogP contribution in [0.1, 0.15) is 26.2 Å². The van der Waals surface area contributed by atoms with Gasteiger partial charge in [0.05, 0.1) is 5.92 Å². The van der Waals surface area contributed by atoms with E-state index in [0.29, 0.717) is 12.8 Å². The van der Waals surface area contributed by atoms with Crippen molar-refractivity contribution in [2.45, 2.75) is 38.3 Å². The zero-order valence-corrected chi connectivity index (χ0v) is 9.35. The van der Waals surface area contributed by atoms with Crippen LogP contribution in [0, 0.1) is 5.92 Å². The predicted octanol–water partition coefficient (Wildman–Crippen LogP) is 0.259. The van der Waals surface area contributed by atoms with Gasteiger partial charge in [0.2, 0.25) is 5.91 Å². The molecule has 0 saturated heterocycles. The molecule has 90 valence electrons. The Morgan fingerprint density at radius 2 is 2.25 bits per heavy atom. The van der Waals surface area contributed by atoms with Gasteiger partial charge in [-0.1, -0.05) is 12.2 Å². The third kappa shape index (κ3) is 4.02. The molecule has 0 bridgehead atoms. The van der Waals surface area contributed by atoms with Crippen LogP contribution in [-0.4, -0.2) is 29.1 Å². The second-order valence-corrected chi connectivity index (χ2v) is 4.23. The van der Waals surface area contributed by atoms with Crippen LogP contribution in [0.3, 0.4) is 0 Å². The lowest BCUT2D eigenvalue weighted by Crippen LogP contribution is -2.37. The molecule has 1 rings (SSSR count). The van der Waals surface area contributed by atoms with E-state index in [1.807, 2.05) is 12.2 Å². The smallest absolute Gasteiger partial charge is 0.303 e. The molecule has 4 N–H and O–H groups in total. The summed E-state index contributed by atoms with van der Waals surface area (Å²) in [6.45, 7) is 1.80. The maximum Gasteiger partial charge on any atom is 0.303 e. The summed E-state index contributed by atoms with van der Waals surface area (Å²) in [4.78, 5) is 22.0. The zero-order chi connectivity index (χ0) is 12.1. The molecule has 3 atom stereocenters. The Hall–Kier alpha value is -1.36. The van der Waals surface area contributed by atoms with Crippen LogP contribution in [0.15, 0.2) is 12.2 Å². The third-order valence-corrected chi connectivity index (χ3v) is 2.63. The molecule has 0 aromatic rings. The largest absolute Gasteiger partial charge is 0.481 e. The van der Waals surface area contributed by atoms with Crippen molar-refractivity contribution in [3.63, 3.8) is 0 Å². The molecule has 16 heavy (non-hydrogen) atoms. The second-order valence-electron chi connectivity index (χ2n) is 4.23. The molecule has 0 aromatic heterocycles. The number of rotatable bonds is 5. The van der Waals surface area contributed by atoms with E-state index in [-0.39, 0.29) is 30.3 Å². The number of nitrogens with one attached hydrogen (secondary N) is 1. The first-order valence-electron chi connectivity index (χ1n) is 5.45. The molecule has 0 aromatic carbocycles. The highest BCUT2D eigenvalue weighted by molar-refractivity contribution is 5.81. The summed E-state index contributed by atoms with van der Waals surface area (Å²) in [5.41, 5.74) is 5.65. The number of amides is 1. The van der Waals surface area contributed by atoms with Gasteiger partial charge in [0.25, 0.3) is 0 Å². The Morgan fingerprint density at radius 3 is 2.75 bits per heavy atom. The molecule has 5 heteroatoms. The van der Waals surface area contributed by atoms with Crippen LogP contribution in [0.2, 0.25) is 0 Å². The first-order chi connectivity index (χ1) is 7.49. The van der Waals surface area contributed by atoms with Crippen LogP contribution >= 0.6 is 0 Å². The van der Waals surface area contributed by atoms with E-state index in [4.69, 9.17) is 10.8 Å². The normalized spacial score (nSPS) is 25.4. The molecule has 3 unspecified atom stereocenters. The van der Waals surface area contributed by atoms with Crippen molar-refractivity contribution >= 4 is 11.9 Å². The highest BCUT2D eigenvalue weighted by Crippen LogP contribution is 2.16. The SMILES string of the molecule is CC(CCC(=O)O)NC(=O)C1C=CC(N)C1. The number of nitrogens with two attached hydrogens (primary N) is 1.